The summed E-state index contributed by atoms with van der Waals surface area (Å²) in [6, 6.07) is 2.50. The minimum absolute atomic E-state index is 0.0513. The van der Waals surface area contributed by atoms with Crippen LogP contribution < -0.4 is 5.73 Å². The summed E-state index contributed by atoms with van der Waals surface area (Å²) in [5, 5.41) is 0. The fourth-order valence-electron chi connectivity index (χ4n) is 1.81. The molecule has 2 N–H and O–H groups in total. The number of nitrogens with two attached hydrogens (primary N) is 1. The smallest absolute Gasteiger partial charge is 0.369 e. The second kappa shape index (κ2) is 3.90. The number of fused-ring (bicyclic) bond motifs is 1. The number of nitrogens with zero attached hydrogens (tertiary/aromatic N) is 3. The van der Waals surface area contributed by atoms with Crippen LogP contribution in [0.15, 0.2) is 18.3 Å². The Balaban J connectivity index is 2.44. The summed E-state index contributed by atoms with van der Waals surface area (Å²) in [4.78, 5) is 7.98. The van der Waals surface area contributed by atoms with Crippen molar-refractivity contribution in [1.29, 1.82) is 0 Å². The molecule has 2 heterocycles. The maximum atomic E-state index is 12.3. The number of hydrogen-bond donors (Lipinski definition) is 1. The maximum Gasteiger partial charge on any atom is 0.391 e. The van der Waals surface area contributed by atoms with Crippen molar-refractivity contribution >= 4 is 17.1 Å². The average Bonchev–Trinajstić information content (AvgIpc) is 2.50. The molecule has 0 radical (unpaired) electrons. The number of pyridine rings is 1. The molecule has 4 nitrogen and oxygen atoms in total. The van der Waals surface area contributed by atoms with Gasteiger partial charge in [-0.1, -0.05) is 0 Å². The van der Waals surface area contributed by atoms with Gasteiger partial charge in [-0.25, -0.2) is 9.97 Å². The molecular formula is C10H11F3N4. The lowest BCUT2D eigenvalue weighted by molar-refractivity contribution is -0.141. The lowest BCUT2D eigenvalue weighted by atomic mass is 10.2. The lowest BCUT2D eigenvalue weighted by Gasteiger charge is -2.16. The standard InChI is InChI=1S/C10H11F3N4/c1-6(5-10(11,12)13)17-8-7(16-9(17)14)3-2-4-15-8/h2-4,6H,5H2,1H3,(H2,14,16). The largest absolute Gasteiger partial charge is 0.391 e. The van der Waals surface area contributed by atoms with E-state index in [1.54, 1.807) is 12.1 Å². The molecule has 17 heavy (non-hydrogen) atoms. The summed E-state index contributed by atoms with van der Waals surface area (Å²) < 4.78 is 38.3. The Kier molecular flexibility index (Phi) is 2.68. The van der Waals surface area contributed by atoms with Crippen molar-refractivity contribution in [2.75, 3.05) is 5.73 Å². The Hall–Kier alpha value is -1.79. The van der Waals surface area contributed by atoms with E-state index in [4.69, 9.17) is 5.73 Å². The number of rotatable bonds is 2. The molecule has 0 bridgehead atoms. The molecule has 0 amide bonds. The third-order valence-electron chi connectivity index (χ3n) is 2.44. The van der Waals surface area contributed by atoms with Crippen molar-refractivity contribution in [2.24, 2.45) is 0 Å². The third-order valence-corrected chi connectivity index (χ3v) is 2.44. The summed E-state index contributed by atoms with van der Waals surface area (Å²) in [6.45, 7) is 1.44. The number of anilines is 1. The molecule has 0 aromatic carbocycles. The molecule has 92 valence electrons. The molecule has 0 aliphatic carbocycles. The van der Waals surface area contributed by atoms with Crippen LogP contribution >= 0.6 is 0 Å². The summed E-state index contributed by atoms with van der Waals surface area (Å²) in [6.07, 6.45) is -3.70. The van der Waals surface area contributed by atoms with Gasteiger partial charge in [0.05, 0.1) is 6.42 Å². The second-order valence-corrected chi connectivity index (χ2v) is 3.85. The Bertz CT molecular complexity index is 532. The normalized spacial score (nSPS) is 14.1. The van der Waals surface area contributed by atoms with E-state index in [2.05, 4.69) is 9.97 Å². The average molecular weight is 244 g/mol. The number of nitrogen functional groups attached to an aromatic ring is 1. The molecule has 1 atom stereocenters. The zero-order chi connectivity index (χ0) is 12.6. The second-order valence-electron chi connectivity index (χ2n) is 3.85. The lowest BCUT2D eigenvalue weighted by Crippen LogP contribution is -2.18. The Morgan fingerprint density at radius 3 is 2.82 bits per heavy atom. The van der Waals surface area contributed by atoms with Crippen LogP contribution in [-0.4, -0.2) is 20.7 Å². The first-order chi connectivity index (χ1) is 7.88. The van der Waals surface area contributed by atoms with Gasteiger partial charge < -0.3 is 5.73 Å². The molecule has 2 aromatic rings. The van der Waals surface area contributed by atoms with E-state index in [1.807, 2.05) is 0 Å². The third kappa shape index (κ3) is 2.32. The highest BCUT2D eigenvalue weighted by atomic mass is 19.4. The molecule has 1 unspecified atom stereocenters. The van der Waals surface area contributed by atoms with E-state index in [0.717, 1.165) is 0 Å². The fraction of sp³-hybridized carbons (Fsp3) is 0.400. The van der Waals surface area contributed by atoms with Crippen molar-refractivity contribution in [3.63, 3.8) is 0 Å². The van der Waals surface area contributed by atoms with Gasteiger partial charge in [-0.3, -0.25) is 4.57 Å². The highest BCUT2D eigenvalue weighted by Crippen LogP contribution is 2.30. The minimum Gasteiger partial charge on any atom is -0.369 e. The molecule has 0 spiro atoms. The van der Waals surface area contributed by atoms with Crippen LogP contribution in [0.3, 0.4) is 0 Å². The minimum atomic E-state index is -4.24. The van der Waals surface area contributed by atoms with E-state index in [-0.39, 0.29) is 5.95 Å². The van der Waals surface area contributed by atoms with E-state index in [9.17, 15) is 13.2 Å². The van der Waals surface area contributed by atoms with Crippen LogP contribution in [0.25, 0.3) is 11.2 Å². The van der Waals surface area contributed by atoms with Gasteiger partial charge in [0.15, 0.2) is 5.65 Å². The van der Waals surface area contributed by atoms with E-state index < -0.39 is 18.6 Å². The van der Waals surface area contributed by atoms with E-state index in [1.165, 1.54) is 17.7 Å². The van der Waals surface area contributed by atoms with Crippen LogP contribution in [0.1, 0.15) is 19.4 Å². The number of alkyl halides is 3. The van der Waals surface area contributed by atoms with Gasteiger partial charge >= 0.3 is 6.18 Å². The molecule has 0 aliphatic rings. The van der Waals surface area contributed by atoms with Crippen molar-refractivity contribution in [3.8, 4) is 0 Å². The summed E-state index contributed by atoms with van der Waals surface area (Å²) in [7, 11) is 0. The molecule has 0 fully saturated rings. The first kappa shape index (κ1) is 11.7. The van der Waals surface area contributed by atoms with Crippen LogP contribution in [0.5, 0.6) is 0 Å². The first-order valence-electron chi connectivity index (χ1n) is 5.03. The van der Waals surface area contributed by atoms with Gasteiger partial charge in [0.2, 0.25) is 5.95 Å². The Morgan fingerprint density at radius 2 is 2.18 bits per heavy atom. The molecule has 0 aliphatic heterocycles. The van der Waals surface area contributed by atoms with Crippen LogP contribution in [0, 0.1) is 0 Å². The topological polar surface area (TPSA) is 56.7 Å². The zero-order valence-corrected chi connectivity index (χ0v) is 9.07. The Morgan fingerprint density at radius 1 is 1.47 bits per heavy atom. The van der Waals surface area contributed by atoms with E-state index in [0.29, 0.717) is 11.2 Å². The monoisotopic (exact) mass is 244 g/mol. The first-order valence-corrected chi connectivity index (χ1v) is 5.03. The maximum absolute atomic E-state index is 12.3. The van der Waals surface area contributed by atoms with Gasteiger partial charge in [0.1, 0.15) is 5.52 Å². The van der Waals surface area contributed by atoms with Crippen LogP contribution in [-0.2, 0) is 0 Å². The quantitative estimate of drug-likeness (QED) is 0.883. The molecular weight excluding hydrogens is 233 g/mol. The molecule has 7 heteroatoms. The highest BCUT2D eigenvalue weighted by Gasteiger charge is 2.32. The van der Waals surface area contributed by atoms with Crippen LogP contribution in [0.4, 0.5) is 19.1 Å². The van der Waals surface area contributed by atoms with Crippen molar-refractivity contribution in [2.45, 2.75) is 25.6 Å². The number of halogens is 3. The summed E-state index contributed by atoms with van der Waals surface area (Å²) in [5.41, 5.74) is 6.49. The van der Waals surface area contributed by atoms with Crippen LogP contribution in [0.2, 0.25) is 0 Å². The fourth-order valence-corrected chi connectivity index (χ4v) is 1.81. The number of imidazole rings is 1. The predicted octanol–water partition coefficient (Wildman–Crippen LogP) is 2.53. The zero-order valence-electron chi connectivity index (χ0n) is 9.07. The van der Waals surface area contributed by atoms with Gasteiger partial charge in [-0.05, 0) is 19.1 Å². The van der Waals surface area contributed by atoms with Crippen molar-refractivity contribution in [1.82, 2.24) is 14.5 Å². The van der Waals surface area contributed by atoms with Gasteiger partial charge in [-0.15, -0.1) is 0 Å². The van der Waals surface area contributed by atoms with Gasteiger partial charge in [0.25, 0.3) is 0 Å². The molecule has 2 rings (SSSR count). The van der Waals surface area contributed by atoms with E-state index >= 15 is 0 Å². The van der Waals surface area contributed by atoms with Gasteiger partial charge in [-0.2, -0.15) is 13.2 Å². The van der Waals surface area contributed by atoms with Crippen molar-refractivity contribution in [3.05, 3.63) is 18.3 Å². The Labute approximate surface area is 95.3 Å². The number of aromatic nitrogens is 3. The van der Waals surface area contributed by atoms with Gasteiger partial charge in [0, 0.05) is 12.2 Å². The predicted molar refractivity (Wildman–Crippen MR) is 57.3 cm³/mol. The SMILES string of the molecule is CC(CC(F)(F)F)n1c(N)nc2cccnc21. The molecule has 0 saturated carbocycles. The number of hydrogen-bond acceptors (Lipinski definition) is 3. The molecule has 0 saturated heterocycles. The van der Waals surface area contributed by atoms with Crippen molar-refractivity contribution < 1.29 is 13.2 Å². The summed E-state index contributed by atoms with van der Waals surface area (Å²) in [5.74, 6) is 0.0513. The highest BCUT2D eigenvalue weighted by molar-refractivity contribution is 5.73. The molecule has 2 aromatic heterocycles. The summed E-state index contributed by atoms with van der Waals surface area (Å²) >= 11 is 0.